The van der Waals surface area contributed by atoms with E-state index in [9.17, 15) is 4.79 Å². The molecule has 0 unspecified atom stereocenters. The Kier molecular flexibility index (Phi) is 4.50. The lowest BCUT2D eigenvalue weighted by atomic mass is 10.0. The third kappa shape index (κ3) is 2.94. The van der Waals surface area contributed by atoms with Gasteiger partial charge in [-0.2, -0.15) is 4.98 Å². The standard InChI is InChI=1S/C23H22N4O3/c1-29-20-9-8-16(15-6-4-3-5-7-15)12-18(20)27-17-13-19(22(27)28)26(14-17)23-24-11-10-21(25-23)30-2/h3-12,17,19H,13-14H2,1-2H3/t17-,19-/m0/s1. The van der Waals surface area contributed by atoms with Crippen molar-refractivity contribution in [1.29, 1.82) is 0 Å². The maximum atomic E-state index is 13.4. The van der Waals surface area contributed by atoms with Gasteiger partial charge in [-0.3, -0.25) is 4.79 Å². The quantitative estimate of drug-likeness (QED) is 0.653. The number of carbonyl (C=O) groups is 1. The summed E-state index contributed by atoms with van der Waals surface area (Å²) in [6.45, 7) is 0.669. The molecule has 7 nitrogen and oxygen atoms in total. The fourth-order valence-corrected chi connectivity index (χ4v) is 4.38. The molecular weight excluding hydrogens is 380 g/mol. The highest BCUT2D eigenvalue weighted by molar-refractivity contribution is 6.05. The topological polar surface area (TPSA) is 67.8 Å². The van der Waals surface area contributed by atoms with Crippen molar-refractivity contribution in [3.8, 4) is 22.8 Å². The van der Waals surface area contributed by atoms with Crippen molar-refractivity contribution in [3.63, 3.8) is 0 Å². The highest BCUT2D eigenvalue weighted by Crippen LogP contribution is 2.42. The Morgan fingerprint density at radius 2 is 1.83 bits per heavy atom. The molecule has 0 N–H and O–H groups in total. The van der Waals surface area contributed by atoms with Gasteiger partial charge in [-0.05, 0) is 29.7 Å². The summed E-state index contributed by atoms with van der Waals surface area (Å²) in [5, 5.41) is 0. The zero-order valence-corrected chi connectivity index (χ0v) is 16.9. The summed E-state index contributed by atoms with van der Waals surface area (Å²) < 4.78 is 10.8. The minimum absolute atomic E-state index is 0.0391. The monoisotopic (exact) mass is 402 g/mol. The summed E-state index contributed by atoms with van der Waals surface area (Å²) in [4.78, 5) is 26.0. The van der Waals surface area contributed by atoms with Crippen molar-refractivity contribution < 1.29 is 14.3 Å². The third-order valence-electron chi connectivity index (χ3n) is 5.80. The molecule has 0 radical (unpaired) electrons. The molecular formula is C23H22N4O3. The highest BCUT2D eigenvalue weighted by Gasteiger charge is 2.51. The molecule has 5 rings (SSSR count). The van der Waals surface area contributed by atoms with Crippen LogP contribution < -0.4 is 19.3 Å². The number of hydrogen-bond acceptors (Lipinski definition) is 6. The van der Waals surface area contributed by atoms with Crippen LogP contribution in [-0.2, 0) is 4.79 Å². The van der Waals surface area contributed by atoms with Gasteiger partial charge in [-0.1, -0.05) is 36.4 Å². The first-order valence-corrected chi connectivity index (χ1v) is 9.90. The van der Waals surface area contributed by atoms with E-state index in [1.165, 1.54) is 0 Å². The molecule has 0 aliphatic carbocycles. The molecule has 152 valence electrons. The SMILES string of the molecule is COc1ccnc(N2C[C@@H]3C[C@H]2C(=O)N3c2cc(-c3ccccc3)ccc2OC)n1. The number of fused-ring (bicyclic) bond motifs is 2. The lowest BCUT2D eigenvalue weighted by Crippen LogP contribution is -2.51. The average Bonchev–Trinajstić information content (AvgIpc) is 3.37. The molecule has 3 heterocycles. The van der Waals surface area contributed by atoms with Crippen LogP contribution >= 0.6 is 0 Å². The number of benzene rings is 2. The molecule has 30 heavy (non-hydrogen) atoms. The molecule has 2 aliphatic heterocycles. The van der Waals surface area contributed by atoms with Gasteiger partial charge in [0.1, 0.15) is 11.8 Å². The molecule has 2 atom stereocenters. The first-order valence-electron chi connectivity index (χ1n) is 9.90. The lowest BCUT2D eigenvalue weighted by molar-refractivity contribution is -0.118. The van der Waals surface area contributed by atoms with Gasteiger partial charge in [0, 0.05) is 18.8 Å². The van der Waals surface area contributed by atoms with Crippen LogP contribution in [0.4, 0.5) is 11.6 Å². The first kappa shape index (κ1) is 18.4. The first-order chi connectivity index (χ1) is 14.7. The normalized spacial score (nSPS) is 20.0. The molecule has 2 bridgehead atoms. The van der Waals surface area contributed by atoms with Gasteiger partial charge in [-0.25, -0.2) is 4.98 Å². The summed E-state index contributed by atoms with van der Waals surface area (Å²) in [5.41, 5.74) is 2.96. The number of anilines is 2. The van der Waals surface area contributed by atoms with Gasteiger partial charge in [0.05, 0.1) is 25.9 Å². The van der Waals surface area contributed by atoms with Crippen LogP contribution in [0.5, 0.6) is 11.6 Å². The van der Waals surface area contributed by atoms with E-state index in [0.29, 0.717) is 24.1 Å². The molecule has 2 fully saturated rings. The molecule has 2 aliphatic rings. The van der Waals surface area contributed by atoms with E-state index >= 15 is 0 Å². The second-order valence-corrected chi connectivity index (χ2v) is 7.42. The van der Waals surface area contributed by atoms with E-state index in [0.717, 1.165) is 23.2 Å². The fourth-order valence-electron chi connectivity index (χ4n) is 4.38. The Morgan fingerprint density at radius 3 is 2.57 bits per heavy atom. The molecule has 2 aromatic carbocycles. The minimum Gasteiger partial charge on any atom is -0.495 e. The van der Waals surface area contributed by atoms with Crippen LogP contribution in [0, 0.1) is 0 Å². The molecule has 7 heteroatoms. The van der Waals surface area contributed by atoms with Gasteiger partial charge in [0.25, 0.3) is 0 Å². The number of rotatable bonds is 5. The van der Waals surface area contributed by atoms with Crippen LogP contribution in [0.3, 0.4) is 0 Å². The maximum absolute atomic E-state index is 13.4. The van der Waals surface area contributed by atoms with Crippen LogP contribution in [0.25, 0.3) is 11.1 Å². The van der Waals surface area contributed by atoms with Crippen molar-refractivity contribution in [2.45, 2.75) is 18.5 Å². The maximum Gasteiger partial charge on any atom is 0.250 e. The van der Waals surface area contributed by atoms with Crippen LogP contribution in [0.1, 0.15) is 6.42 Å². The number of amides is 1. The van der Waals surface area contributed by atoms with Crippen LogP contribution in [0.15, 0.2) is 60.8 Å². The summed E-state index contributed by atoms with van der Waals surface area (Å²) >= 11 is 0. The highest BCUT2D eigenvalue weighted by atomic mass is 16.5. The molecule has 1 amide bonds. The van der Waals surface area contributed by atoms with E-state index < -0.39 is 0 Å². The van der Waals surface area contributed by atoms with Crippen LogP contribution in [-0.4, -0.2) is 48.7 Å². The van der Waals surface area contributed by atoms with Crippen molar-refractivity contribution >= 4 is 17.5 Å². The Bertz CT molecular complexity index is 1090. The van der Waals surface area contributed by atoms with E-state index in [2.05, 4.69) is 22.1 Å². The van der Waals surface area contributed by atoms with Gasteiger partial charge in [0.2, 0.25) is 17.7 Å². The Hall–Kier alpha value is -3.61. The second-order valence-electron chi connectivity index (χ2n) is 7.42. The van der Waals surface area contributed by atoms with Crippen molar-refractivity contribution in [1.82, 2.24) is 9.97 Å². The van der Waals surface area contributed by atoms with Crippen molar-refractivity contribution in [3.05, 3.63) is 60.8 Å². The van der Waals surface area contributed by atoms with Crippen LogP contribution in [0.2, 0.25) is 0 Å². The molecule has 0 spiro atoms. The average molecular weight is 402 g/mol. The predicted octanol–water partition coefficient (Wildman–Crippen LogP) is 3.15. The summed E-state index contributed by atoms with van der Waals surface area (Å²) in [7, 11) is 3.21. The number of aromatic nitrogens is 2. The van der Waals surface area contributed by atoms with E-state index in [1.807, 2.05) is 46.2 Å². The van der Waals surface area contributed by atoms with E-state index in [4.69, 9.17) is 9.47 Å². The number of hydrogen-bond donors (Lipinski definition) is 0. The Morgan fingerprint density at radius 1 is 1.00 bits per heavy atom. The van der Waals surface area contributed by atoms with E-state index in [-0.39, 0.29) is 18.0 Å². The van der Waals surface area contributed by atoms with Gasteiger partial charge >= 0.3 is 0 Å². The van der Waals surface area contributed by atoms with Crippen molar-refractivity contribution in [2.75, 3.05) is 30.6 Å². The lowest BCUT2D eigenvalue weighted by Gasteiger charge is -2.34. The zero-order chi connectivity index (χ0) is 20.7. The summed E-state index contributed by atoms with van der Waals surface area (Å²) in [5.74, 6) is 1.75. The van der Waals surface area contributed by atoms with E-state index in [1.54, 1.807) is 26.5 Å². The number of carbonyl (C=O) groups excluding carboxylic acids is 1. The second kappa shape index (κ2) is 7.33. The molecule has 2 saturated heterocycles. The Labute approximate surface area is 174 Å². The van der Waals surface area contributed by atoms with Gasteiger partial charge in [0.15, 0.2) is 0 Å². The molecule has 3 aromatic rings. The minimum atomic E-state index is -0.285. The molecule has 0 saturated carbocycles. The Balaban J connectivity index is 1.48. The third-order valence-corrected chi connectivity index (χ3v) is 5.80. The van der Waals surface area contributed by atoms with Crippen molar-refractivity contribution in [2.24, 2.45) is 0 Å². The smallest absolute Gasteiger partial charge is 0.250 e. The molecule has 1 aromatic heterocycles. The predicted molar refractivity (Wildman–Crippen MR) is 114 cm³/mol. The largest absolute Gasteiger partial charge is 0.495 e. The number of nitrogens with zero attached hydrogens (tertiary/aromatic N) is 4. The summed E-state index contributed by atoms with van der Waals surface area (Å²) in [6, 6.07) is 17.6. The number of piperazine rings is 1. The zero-order valence-electron chi connectivity index (χ0n) is 16.9. The van der Waals surface area contributed by atoms with Gasteiger partial charge in [-0.15, -0.1) is 0 Å². The fraction of sp³-hybridized carbons (Fsp3) is 0.261. The number of ether oxygens (including phenoxy) is 2. The number of methoxy groups -OCH3 is 2. The summed E-state index contributed by atoms with van der Waals surface area (Å²) in [6.07, 6.45) is 2.39. The van der Waals surface area contributed by atoms with Gasteiger partial charge < -0.3 is 19.3 Å².